The Kier molecular flexibility index (Phi) is 6.59. The van der Waals surface area contributed by atoms with E-state index < -0.39 is 12.5 Å². The zero-order chi connectivity index (χ0) is 26.3. The number of alkyl halides is 2. The molecule has 38 heavy (non-hydrogen) atoms. The van der Waals surface area contributed by atoms with Crippen LogP contribution >= 0.6 is 0 Å². The van der Waals surface area contributed by atoms with Crippen molar-refractivity contribution < 1.29 is 27.8 Å². The van der Waals surface area contributed by atoms with E-state index >= 15 is 0 Å². The van der Waals surface area contributed by atoms with Gasteiger partial charge in [0.15, 0.2) is 0 Å². The maximum absolute atomic E-state index is 13.3. The Morgan fingerprint density at radius 1 is 1.21 bits per heavy atom. The Hall–Kier alpha value is -3.40. The lowest BCUT2D eigenvalue weighted by Crippen LogP contribution is -2.59. The molecule has 2 aromatic heterocycles. The molecular formula is C28H32F2N4O4. The van der Waals surface area contributed by atoms with Gasteiger partial charge in [0.2, 0.25) is 0 Å². The van der Waals surface area contributed by atoms with Gasteiger partial charge in [0.1, 0.15) is 28.5 Å². The van der Waals surface area contributed by atoms with Gasteiger partial charge >= 0.3 is 6.61 Å². The molecule has 1 aliphatic heterocycles. The van der Waals surface area contributed by atoms with Crippen LogP contribution in [0.1, 0.15) is 48.9 Å². The fourth-order valence-corrected chi connectivity index (χ4v) is 5.59. The molecule has 3 aromatic rings. The Morgan fingerprint density at radius 2 is 2.00 bits per heavy atom. The number of methoxy groups -OCH3 is 1. The van der Waals surface area contributed by atoms with Crippen LogP contribution in [0.4, 0.5) is 8.78 Å². The lowest BCUT2D eigenvalue weighted by molar-refractivity contribution is -0.0608. The van der Waals surface area contributed by atoms with E-state index in [1.165, 1.54) is 45.5 Å². The average Bonchev–Trinajstić information content (AvgIpc) is 3.55. The summed E-state index contributed by atoms with van der Waals surface area (Å²) in [5.74, 6) is 0.132. The minimum absolute atomic E-state index is 0.0472. The second-order valence-electron chi connectivity index (χ2n) is 10.7. The van der Waals surface area contributed by atoms with Gasteiger partial charge in [-0.3, -0.25) is 9.20 Å². The number of nitrogens with one attached hydrogen (secondary N) is 1. The SMILES string of the molecule is COc1cc(-c2cnc3cc(OCCCN4CC5(CCC5)C4)ccn23)cc(OC(F)F)c1C(=O)NC1CC1. The van der Waals surface area contributed by atoms with Crippen LogP contribution in [-0.4, -0.2) is 66.2 Å². The first kappa shape index (κ1) is 24.9. The topological polar surface area (TPSA) is 77.3 Å². The van der Waals surface area contributed by atoms with Crippen molar-refractivity contribution >= 4 is 11.6 Å². The molecule has 1 N–H and O–H groups in total. The van der Waals surface area contributed by atoms with Crippen molar-refractivity contribution in [1.29, 1.82) is 0 Å². The Morgan fingerprint density at radius 3 is 2.68 bits per heavy atom. The molecule has 1 amide bonds. The molecule has 6 rings (SSSR count). The number of carbonyl (C=O) groups is 1. The number of likely N-dealkylation sites (tertiary alicyclic amines) is 1. The number of ether oxygens (including phenoxy) is 3. The van der Waals surface area contributed by atoms with Crippen LogP contribution in [0.2, 0.25) is 0 Å². The number of aromatic nitrogens is 2. The van der Waals surface area contributed by atoms with E-state index in [-0.39, 0.29) is 23.1 Å². The van der Waals surface area contributed by atoms with E-state index in [4.69, 9.17) is 14.2 Å². The van der Waals surface area contributed by atoms with Crippen molar-refractivity contribution in [3.63, 3.8) is 0 Å². The summed E-state index contributed by atoms with van der Waals surface area (Å²) in [7, 11) is 1.39. The maximum Gasteiger partial charge on any atom is 0.387 e. The summed E-state index contributed by atoms with van der Waals surface area (Å²) in [4.78, 5) is 19.8. The Labute approximate surface area is 219 Å². The number of fused-ring (bicyclic) bond motifs is 1. The molecule has 0 bridgehead atoms. The Balaban J connectivity index is 1.17. The number of nitrogens with zero attached hydrogens (tertiary/aromatic N) is 3. The van der Waals surface area contributed by atoms with Crippen molar-refractivity contribution in [2.75, 3.05) is 33.4 Å². The fraction of sp³-hybridized carbons (Fsp3) is 0.500. The lowest BCUT2D eigenvalue weighted by atomic mass is 9.63. The summed E-state index contributed by atoms with van der Waals surface area (Å²) in [6.45, 7) is 1.05. The van der Waals surface area contributed by atoms with Crippen LogP contribution in [0.3, 0.4) is 0 Å². The highest BCUT2D eigenvalue weighted by Crippen LogP contribution is 2.48. The maximum atomic E-state index is 13.3. The molecule has 0 radical (unpaired) electrons. The number of amides is 1. The van der Waals surface area contributed by atoms with E-state index in [0.29, 0.717) is 28.9 Å². The van der Waals surface area contributed by atoms with Crippen LogP contribution in [-0.2, 0) is 0 Å². The van der Waals surface area contributed by atoms with Gasteiger partial charge in [0.25, 0.3) is 5.91 Å². The first-order chi connectivity index (χ1) is 18.4. The number of carbonyl (C=O) groups excluding carboxylic acids is 1. The molecular weight excluding hydrogens is 494 g/mol. The number of halogens is 2. The average molecular weight is 527 g/mol. The smallest absolute Gasteiger partial charge is 0.387 e. The molecule has 3 aliphatic rings. The summed E-state index contributed by atoms with van der Waals surface area (Å²) in [6.07, 6.45) is 10.3. The van der Waals surface area contributed by atoms with E-state index in [0.717, 1.165) is 31.6 Å². The van der Waals surface area contributed by atoms with Crippen LogP contribution < -0.4 is 19.5 Å². The van der Waals surface area contributed by atoms with Gasteiger partial charge in [-0.25, -0.2) is 4.98 Å². The van der Waals surface area contributed by atoms with Gasteiger partial charge in [0, 0.05) is 43.5 Å². The quantitative estimate of drug-likeness (QED) is 0.363. The molecule has 8 nitrogen and oxygen atoms in total. The van der Waals surface area contributed by atoms with E-state index in [9.17, 15) is 13.6 Å². The number of pyridine rings is 1. The minimum Gasteiger partial charge on any atom is -0.496 e. The van der Waals surface area contributed by atoms with Gasteiger partial charge in [-0.05, 0) is 55.7 Å². The summed E-state index contributed by atoms with van der Waals surface area (Å²) in [6, 6.07) is 6.82. The molecule has 10 heteroatoms. The number of hydrogen-bond donors (Lipinski definition) is 1. The van der Waals surface area contributed by atoms with Crippen molar-refractivity contribution in [3.8, 4) is 28.5 Å². The largest absolute Gasteiger partial charge is 0.496 e. The summed E-state index contributed by atoms with van der Waals surface area (Å²) in [5.41, 5.74) is 2.41. The molecule has 0 unspecified atom stereocenters. The van der Waals surface area contributed by atoms with Crippen molar-refractivity contribution in [2.24, 2.45) is 5.41 Å². The molecule has 202 valence electrons. The fourth-order valence-electron chi connectivity index (χ4n) is 5.59. The predicted octanol–water partition coefficient (Wildman–Crippen LogP) is 4.76. The number of rotatable bonds is 11. The molecule has 1 aromatic carbocycles. The van der Waals surface area contributed by atoms with Crippen LogP contribution in [0.15, 0.2) is 36.7 Å². The van der Waals surface area contributed by atoms with Crippen molar-refractivity contribution in [3.05, 3.63) is 42.2 Å². The predicted molar refractivity (Wildman–Crippen MR) is 137 cm³/mol. The van der Waals surface area contributed by atoms with Crippen LogP contribution in [0, 0.1) is 5.41 Å². The number of imidazole rings is 1. The molecule has 1 spiro atoms. The van der Waals surface area contributed by atoms with Gasteiger partial charge in [-0.2, -0.15) is 8.78 Å². The summed E-state index contributed by atoms with van der Waals surface area (Å²) in [5, 5.41) is 2.81. The zero-order valence-corrected chi connectivity index (χ0v) is 21.4. The lowest BCUT2D eigenvalue weighted by Gasteiger charge is -2.56. The minimum atomic E-state index is -3.09. The van der Waals surface area contributed by atoms with Crippen molar-refractivity contribution in [2.45, 2.75) is 51.2 Å². The first-order valence-corrected chi connectivity index (χ1v) is 13.2. The first-order valence-electron chi connectivity index (χ1n) is 13.2. The highest BCUT2D eigenvalue weighted by atomic mass is 19.3. The molecule has 3 fully saturated rings. The third-order valence-corrected chi connectivity index (χ3v) is 7.84. The number of hydrogen-bond acceptors (Lipinski definition) is 6. The third kappa shape index (κ3) is 5.01. The second-order valence-corrected chi connectivity index (χ2v) is 10.7. The van der Waals surface area contributed by atoms with Gasteiger partial charge in [0.05, 0.1) is 25.6 Å². The number of benzene rings is 1. The van der Waals surface area contributed by atoms with Crippen LogP contribution in [0.5, 0.6) is 17.2 Å². The highest BCUT2D eigenvalue weighted by Gasteiger charge is 2.46. The molecule has 2 aliphatic carbocycles. The van der Waals surface area contributed by atoms with E-state index in [1.54, 1.807) is 12.3 Å². The monoisotopic (exact) mass is 526 g/mol. The molecule has 1 saturated heterocycles. The molecule has 0 atom stereocenters. The molecule has 3 heterocycles. The highest BCUT2D eigenvalue weighted by molar-refractivity contribution is 6.01. The zero-order valence-electron chi connectivity index (χ0n) is 21.4. The van der Waals surface area contributed by atoms with Gasteiger partial charge < -0.3 is 24.4 Å². The molecule has 2 saturated carbocycles. The second kappa shape index (κ2) is 10.1. The van der Waals surface area contributed by atoms with Gasteiger partial charge in [-0.1, -0.05) is 6.42 Å². The van der Waals surface area contributed by atoms with Crippen molar-refractivity contribution in [1.82, 2.24) is 19.6 Å². The third-order valence-electron chi connectivity index (χ3n) is 7.84. The van der Waals surface area contributed by atoms with E-state index in [2.05, 4.69) is 15.2 Å². The van der Waals surface area contributed by atoms with E-state index in [1.807, 2.05) is 22.7 Å². The standard InChI is InChI=1S/C28H32F2N4O4/c1-36-22-12-18(13-23(38-27(29)30)25(22)26(35)32-19-4-5-19)21-15-31-24-14-20(6-10-34(21)24)37-11-3-9-33-16-28(17-33)7-2-8-28/h6,10,12-15,19,27H,2-5,7-9,11,16-17H2,1H3,(H,32,35). The summed E-state index contributed by atoms with van der Waals surface area (Å²) < 4.78 is 44.5. The normalized spacial score (nSPS) is 18.3. The summed E-state index contributed by atoms with van der Waals surface area (Å²) >= 11 is 0. The Bertz CT molecular complexity index is 1330. The van der Waals surface area contributed by atoms with Crippen LogP contribution in [0.25, 0.3) is 16.9 Å². The van der Waals surface area contributed by atoms with Gasteiger partial charge in [-0.15, -0.1) is 0 Å².